The summed E-state index contributed by atoms with van der Waals surface area (Å²) in [7, 11) is 0. The minimum atomic E-state index is -0.951. The molecule has 1 heterocycles. The summed E-state index contributed by atoms with van der Waals surface area (Å²) in [6.07, 6.45) is 4.97. The van der Waals surface area contributed by atoms with E-state index in [0.29, 0.717) is 6.54 Å². The van der Waals surface area contributed by atoms with Gasteiger partial charge in [0.15, 0.2) is 0 Å². The van der Waals surface area contributed by atoms with Gasteiger partial charge in [-0.1, -0.05) is 13.8 Å². The smallest absolute Gasteiger partial charge is 0.307 e. The van der Waals surface area contributed by atoms with Crippen LogP contribution in [0.2, 0.25) is 0 Å². The molecule has 3 N–H and O–H groups in total. The van der Waals surface area contributed by atoms with Gasteiger partial charge < -0.3 is 15.4 Å². The Bertz CT molecular complexity index is 389. The summed E-state index contributed by atoms with van der Waals surface area (Å²) in [5.74, 6) is -1.48. The molecule has 0 aliphatic heterocycles. The fourth-order valence-electron chi connectivity index (χ4n) is 1.50. The zero-order valence-electron chi connectivity index (χ0n) is 10.6. The lowest BCUT2D eigenvalue weighted by Gasteiger charge is -2.15. The van der Waals surface area contributed by atoms with E-state index >= 15 is 0 Å². The Kier molecular flexibility index (Phi) is 5.35. The van der Waals surface area contributed by atoms with Crippen LogP contribution in [-0.2, 0) is 16.0 Å². The van der Waals surface area contributed by atoms with Crippen LogP contribution in [0.15, 0.2) is 12.4 Å². The normalized spacial score (nSPS) is 13.9. The quantitative estimate of drug-likeness (QED) is 0.627. The number of carbonyl (C=O) groups excluding carboxylic acids is 1. The molecule has 100 valence electrons. The maximum Gasteiger partial charge on any atom is 0.307 e. The molecule has 0 aromatic carbocycles. The second-order valence-electron chi connectivity index (χ2n) is 4.35. The highest BCUT2D eigenvalue weighted by molar-refractivity contribution is 5.84. The number of aromatic nitrogens is 2. The molecule has 0 fully saturated rings. The zero-order chi connectivity index (χ0) is 13.5. The van der Waals surface area contributed by atoms with Crippen molar-refractivity contribution < 1.29 is 14.7 Å². The number of aromatic amines is 1. The van der Waals surface area contributed by atoms with Gasteiger partial charge in [0.25, 0.3) is 0 Å². The van der Waals surface area contributed by atoms with Gasteiger partial charge in [-0.25, -0.2) is 4.98 Å². The molecule has 0 aliphatic rings. The van der Waals surface area contributed by atoms with Gasteiger partial charge in [0.2, 0.25) is 5.91 Å². The number of carboxylic acids is 1. The SMILES string of the molecule is CC(C(=O)O)C(C)C(=O)NCCCc1ncc[nH]1. The van der Waals surface area contributed by atoms with Gasteiger partial charge in [-0.05, 0) is 6.42 Å². The highest BCUT2D eigenvalue weighted by Gasteiger charge is 2.25. The highest BCUT2D eigenvalue weighted by atomic mass is 16.4. The number of nitrogens with one attached hydrogen (secondary N) is 2. The molecule has 1 amide bonds. The number of hydrogen-bond donors (Lipinski definition) is 3. The van der Waals surface area contributed by atoms with Gasteiger partial charge in [-0.15, -0.1) is 0 Å². The molecule has 0 aliphatic carbocycles. The number of aryl methyl sites for hydroxylation is 1. The molecule has 1 aromatic heterocycles. The van der Waals surface area contributed by atoms with E-state index in [1.807, 2.05) is 0 Å². The summed E-state index contributed by atoms with van der Waals surface area (Å²) in [6.45, 7) is 3.69. The zero-order valence-corrected chi connectivity index (χ0v) is 10.6. The largest absolute Gasteiger partial charge is 0.481 e. The van der Waals surface area contributed by atoms with Crippen LogP contribution in [0.1, 0.15) is 26.1 Å². The van der Waals surface area contributed by atoms with Crippen LogP contribution >= 0.6 is 0 Å². The van der Waals surface area contributed by atoms with E-state index in [0.717, 1.165) is 18.7 Å². The van der Waals surface area contributed by atoms with Gasteiger partial charge >= 0.3 is 5.97 Å². The van der Waals surface area contributed by atoms with Crippen molar-refractivity contribution in [1.29, 1.82) is 0 Å². The van der Waals surface area contributed by atoms with Crippen molar-refractivity contribution in [2.24, 2.45) is 11.8 Å². The molecule has 6 nitrogen and oxygen atoms in total. The lowest BCUT2D eigenvalue weighted by Crippen LogP contribution is -2.35. The number of amides is 1. The number of hydrogen-bond acceptors (Lipinski definition) is 3. The van der Waals surface area contributed by atoms with Crippen molar-refractivity contribution in [2.45, 2.75) is 26.7 Å². The van der Waals surface area contributed by atoms with Crippen molar-refractivity contribution >= 4 is 11.9 Å². The first-order valence-corrected chi connectivity index (χ1v) is 6.01. The van der Waals surface area contributed by atoms with Gasteiger partial charge in [0, 0.05) is 31.3 Å². The van der Waals surface area contributed by atoms with Crippen molar-refractivity contribution in [3.05, 3.63) is 18.2 Å². The first-order valence-electron chi connectivity index (χ1n) is 6.01. The third-order valence-corrected chi connectivity index (χ3v) is 3.00. The molecule has 6 heteroatoms. The van der Waals surface area contributed by atoms with Gasteiger partial charge in [-0.3, -0.25) is 9.59 Å². The molecule has 0 saturated heterocycles. The van der Waals surface area contributed by atoms with Crippen molar-refractivity contribution in [3.8, 4) is 0 Å². The summed E-state index contributed by atoms with van der Waals surface area (Å²) >= 11 is 0. The summed E-state index contributed by atoms with van der Waals surface area (Å²) in [4.78, 5) is 29.4. The Morgan fingerprint density at radius 3 is 2.72 bits per heavy atom. The number of carboxylic acid groups (broad SMARTS) is 1. The summed E-state index contributed by atoms with van der Waals surface area (Å²) in [6, 6.07) is 0. The molecular weight excluding hydrogens is 234 g/mol. The maximum atomic E-state index is 11.7. The van der Waals surface area contributed by atoms with Gasteiger partial charge in [0.05, 0.1) is 5.92 Å². The average molecular weight is 253 g/mol. The second-order valence-corrected chi connectivity index (χ2v) is 4.35. The third-order valence-electron chi connectivity index (χ3n) is 3.00. The Labute approximate surface area is 106 Å². The minimum absolute atomic E-state index is 0.218. The van der Waals surface area contributed by atoms with Crippen LogP contribution in [0.3, 0.4) is 0 Å². The predicted octanol–water partition coefficient (Wildman–Crippen LogP) is 0.815. The van der Waals surface area contributed by atoms with E-state index in [9.17, 15) is 9.59 Å². The van der Waals surface area contributed by atoms with E-state index in [4.69, 9.17) is 5.11 Å². The molecular formula is C12H19N3O3. The molecule has 2 unspecified atom stereocenters. The fourth-order valence-corrected chi connectivity index (χ4v) is 1.50. The maximum absolute atomic E-state index is 11.7. The molecule has 0 bridgehead atoms. The van der Waals surface area contributed by atoms with E-state index in [1.165, 1.54) is 6.92 Å². The number of carbonyl (C=O) groups is 2. The molecule has 1 rings (SSSR count). The fraction of sp³-hybridized carbons (Fsp3) is 0.583. The average Bonchev–Trinajstić information content (AvgIpc) is 2.85. The number of H-pyrrole nitrogens is 1. The molecule has 0 spiro atoms. The van der Waals surface area contributed by atoms with Crippen molar-refractivity contribution in [1.82, 2.24) is 15.3 Å². The Morgan fingerprint density at radius 2 is 2.17 bits per heavy atom. The number of imidazole rings is 1. The molecule has 1 aromatic rings. The van der Waals surface area contributed by atoms with Crippen molar-refractivity contribution in [3.63, 3.8) is 0 Å². The molecule has 0 radical (unpaired) electrons. The monoisotopic (exact) mass is 253 g/mol. The molecule has 2 atom stereocenters. The molecule has 18 heavy (non-hydrogen) atoms. The second kappa shape index (κ2) is 6.78. The van der Waals surface area contributed by atoms with Crippen LogP contribution in [0, 0.1) is 11.8 Å². The predicted molar refractivity (Wildman–Crippen MR) is 65.9 cm³/mol. The summed E-state index contributed by atoms with van der Waals surface area (Å²) in [5, 5.41) is 11.5. The minimum Gasteiger partial charge on any atom is -0.481 e. The topological polar surface area (TPSA) is 95.1 Å². The summed E-state index contributed by atoms with van der Waals surface area (Å²) in [5.41, 5.74) is 0. The Balaban J connectivity index is 2.22. The van der Waals surface area contributed by atoms with E-state index in [1.54, 1.807) is 19.3 Å². The Morgan fingerprint density at radius 1 is 1.44 bits per heavy atom. The number of nitrogens with zero attached hydrogens (tertiary/aromatic N) is 1. The lowest BCUT2D eigenvalue weighted by atomic mass is 9.95. The number of rotatable bonds is 7. The van der Waals surface area contributed by atoms with Crippen LogP contribution in [-0.4, -0.2) is 33.5 Å². The first-order chi connectivity index (χ1) is 8.52. The van der Waals surface area contributed by atoms with E-state index in [2.05, 4.69) is 15.3 Å². The van der Waals surface area contributed by atoms with Gasteiger partial charge in [-0.2, -0.15) is 0 Å². The van der Waals surface area contributed by atoms with Crippen LogP contribution in [0.4, 0.5) is 0 Å². The van der Waals surface area contributed by atoms with Crippen molar-refractivity contribution in [2.75, 3.05) is 6.54 Å². The van der Waals surface area contributed by atoms with E-state index < -0.39 is 17.8 Å². The third kappa shape index (κ3) is 4.20. The van der Waals surface area contributed by atoms with E-state index in [-0.39, 0.29) is 5.91 Å². The summed E-state index contributed by atoms with van der Waals surface area (Å²) < 4.78 is 0. The molecule has 0 saturated carbocycles. The Hall–Kier alpha value is -1.85. The van der Waals surface area contributed by atoms with Crippen LogP contribution in [0.5, 0.6) is 0 Å². The van der Waals surface area contributed by atoms with Crippen LogP contribution in [0.25, 0.3) is 0 Å². The van der Waals surface area contributed by atoms with Gasteiger partial charge in [0.1, 0.15) is 5.82 Å². The number of aliphatic carboxylic acids is 1. The lowest BCUT2D eigenvalue weighted by molar-refractivity contribution is -0.146. The standard InChI is InChI=1S/C12H19N3O3/c1-8(9(2)12(17)18)11(16)15-5-3-4-10-13-6-7-14-10/h6-9H,3-5H2,1-2H3,(H,13,14)(H,15,16)(H,17,18). The highest BCUT2D eigenvalue weighted by Crippen LogP contribution is 2.10. The first kappa shape index (κ1) is 14.2. The van der Waals surface area contributed by atoms with Crippen LogP contribution < -0.4 is 5.32 Å².